The average Bonchev–Trinajstić information content (AvgIpc) is 2.66. The Kier molecular flexibility index (Phi) is 18.1. The number of hydrogen-bond donors (Lipinski definition) is 3. The van der Waals surface area contributed by atoms with Crippen LogP contribution in [0.15, 0.2) is 72.9 Å². The predicted octanol–water partition coefficient (Wildman–Crippen LogP) is 5.27. The van der Waals surface area contributed by atoms with Crippen LogP contribution in [0.5, 0.6) is 0 Å². The lowest BCUT2D eigenvalue weighted by Gasteiger charge is -1.99. The lowest BCUT2D eigenvalue weighted by Crippen LogP contribution is -1.98. The molecule has 0 aromatic carbocycles. The Hall–Kier alpha value is -2.17. The first-order valence-corrected chi connectivity index (χ1v) is 10.1. The maximum Gasteiger partial charge on any atom is 0.303 e. The van der Waals surface area contributed by atoms with Crippen LogP contribution in [0.1, 0.15) is 58.3 Å². The van der Waals surface area contributed by atoms with Crippen molar-refractivity contribution < 1.29 is 20.1 Å². The summed E-state index contributed by atoms with van der Waals surface area (Å²) >= 11 is 0. The minimum Gasteiger partial charge on any atom is -0.481 e. The number of unbranched alkanes of at least 4 members (excludes halogenated alkanes) is 2. The van der Waals surface area contributed by atoms with Crippen molar-refractivity contribution in [1.29, 1.82) is 0 Å². The molecule has 0 aliphatic rings. The molecule has 0 amide bonds. The highest BCUT2D eigenvalue weighted by atomic mass is 16.4. The maximum atomic E-state index is 10.4. The van der Waals surface area contributed by atoms with Crippen molar-refractivity contribution >= 4 is 5.97 Å². The van der Waals surface area contributed by atoms with E-state index >= 15 is 0 Å². The molecule has 0 unspecified atom stereocenters. The molecular formula is C24H36O4. The molecule has 0 saturated heterocycles. The second kappa shape index (κ2) is 19.6. The van der Waals surface area contributed by atoms with Gasteiger partial charge < -0.3 is 15.3 Å². The van der Waals surface area contributed by atoms with Gasteiger partial charge in [-0.3, -0.25) is 4.79 Å². The molecule has 0 saturated carbocycles. The second-order valence-electron chi connectivity index (χ2n) is 6.46. The highest BCUT2D eigenvalue weighted by Gasteiger charge is 1.95. The summed E-state index contributed by atoms with van der Waals surface area (Å²) in [6.45, 7) is 2.06. The molecule has 0 rings (SSSR count). The van der Waals surface area contributed by atoms with Gasteiger partial charge in [0.15, 0.2) is 0 Å². The quantitative estimate of drug-likeness (QED) is 0.191. The van der Waals surface area contributed by atoms with Crippen molar-refractivity contribution in [2.45, 2.75) is 70.5 Å². The summed E-state index contributed by atoms with van der Waals surface area (Å²) < 4.78 is 0. The summed E-state index contributed by atoms with van der Waals surface area (Å²) in [5.74, 6) is -0.735. The summed E-state index contributed by atoms with van der Waals surface area (Å²) in [4.78, 5) is 10.4. The van der Waals surface area contributed by atoms with Crippen LogP contribution in [-0.2, 0) is 4.79 Å². The first kappa shape index (κ1) is 25.8. The van der Waals surface area contributed by atoms with E-state index in [1.807, 2.05) is 36.5 Å². The molecule has 3 N–H and O–H groups in total. The molecule has 0 radical (unpaired) electrons. The van der Waals surface area contributed by atoms with Crippen molar-refractivity contribution in [3.05, 3.63) is 72.9 Å². The van der Waals surface area contributed by atoms with E-state index in [-0.39, 0.29) is 6.42 Å². The summed E-state index contributed by atoms with van der Waals surface area (Å²) in [5, 5.41) is 28.1. The third kappa shape index (κ3) is 20.1. The monoisotopic (exact) mass is 388 g/mol. The highest BCUT2D eigenvalue weighted by Crippen LogP contribution is 2.02. The number of aliphatic hydroxyl groups is 2. The number of rotatable bonds is 16. The summed E-state index contributed by atoms with van der Waals surface area (Å²) in [6, 6.07) is 0. The van der Waals surface area contributed by atoms with Crippen LogP contribution in [0.4, 0.5) is 0 Å². The van der Waals surface area contributed by atoms with Crippen molar-refractivity contribution in [2.24, 2.45) is 0 Å². The fraction of sp³-hybridized carbons (Fsp3) is 0.458. The standard InChI is InChI=1S/C24H36O4/c1-2-3-12-17-22(25)19-14-10-11-15-20-23(26)18-13-8-6-4-5-7-9-16-21-24(27)28/h3-5,8,10-15,19-20,22-23,25-26H,2,6-7,9,16-18,21H2,1H3,(H,27,28)/b5-4-,11-10+,12-3-,13-8-,19-14-,20-15+/t22-,23+/m1/s1. The molecular weight excluding hydrogens is 352 g/mol. The van der Waals surface area contributed by atoms with Crippen LogP contribution in [0, 0.1) is 0 Å². The van der Waals surface area contributed by atoms with Gasteiger partial charge in [0.25, 0.3) is 0 Å². The van der Waals surface area contributed by atoms with Gasteiger partial charge in [-0.05, 0) is 44.9 Å². The molecule has 0 heterocycles. The third-order valence-electron chi connectivity index (χ3n) is 3.77. The molecule has 4 nitrogen and oxygen atoms in total. The van der Waals surface area contributed by atoms with Gasteiger partial charge in [-0.1, -0.05) is 79.8 Å². The van der Waals surface area contributed by atoms with Gasteiger partial charge >= 0.3 is 5.97 Å². The molecule has 0 spiro atoms. The van der Waals surface area contributed by atoms with Crippen molar-refractivity contribution in [1.82, 2.24) is 0 Å². The van der Waals surface area contributed by atoms with Crippen molar-refractivity contribution in [2.75, 3.05) is 0 Å². The van der Waals surface area contributed by atoms with Crippen LogP contribution >= 0.6 is 0 Å². The fourth-order valence-electron chi connectivity index (χ4n) is 2.24. The number of carboxylic acid groups (broad SMARTS) is 1. The first-order valence-electron chi connectivity index (χ1n) is 10.1. The lowest BCUT2D eigenvalue weighted by molar-refractivity contribution is -0.137. The number of hydrogen-bond acceptors (Lipinski definition) is 3. The van der Waals surface area contributed by atoms with Gasteiger partial charge in [0.2, 0.25) is 0 Å². The van der Waals surface area contributed by atoms with Gasteiger partial charge in [-0.15, -0.1) is 0 Å². The highest BCUT2D eigenvalue weighted by molar-refractivity contribution is 5.66. The van der Waals surface area contributed by atoms with Crippen LogP contribution in [-0.4, -0.2) is 33.5 Å². The maximum absolute atomic E-state index is 10.4. The zero-order chi connectivity index (χ0) is 20.9. The fourth-order valence-corrected chi connectivity index (χ4v) is 2.24. The summed E-state index contributed by atoms with van der Waals surface area (Å²) in [7, 11) is 0. The van der Waals surface area contributed by atoms with Gasteiger partial charge in [-0.25, -0.2) is 0 Å². The van der Waals surface area contributed by atoms with E-state index in [1.54, 1.807) is 24.3 Å². The minimum absolute atomic E-state index is 0.239. The molecule has 156 valence electrons. The van der Waals surface area contributed by atoms with E-state index in [0.29, 0.717) is 12.8 Å². The van der Waals surface area contributed by atoms with Gasteiger partial charge in [0, 0.05) is 6.42 Å². The third-order valence-corrected chi connectivity index (χ3v) is 3.77. The van der Waals surface area contributed by atoms with E-state index in [4.69, 9.17) is 5.11 Å². The average molecular weight is 389 g/mol. The van der Waals surface area contributed by atoms with Crippen LogP contribution in [0.3, 0.4) is 0 Å². The summed E-state index contributed by atoms with van der Waals surface area (Å²) in [5.41, 5.74) is 0. The molecule has 0 aromatic heterocycles. The Bertz CT molecular complexity index is 553. The molecule has 0 aliphatic heterocycles. The molecule has 28 heavy (non-hydrogen) atoms. The SMILES string of the molecule is CC/C=C\C[C@@H](O)\C=C/C=C/C=C/[C@@H](O)C/C=C\C/C=C\CCCCC(=O)O. The summed E-state index contributed by atoms with van der Waals surface area (Å²) in [6.07, 6.45) is 27.6. The molecule has 4 heteroatoms. The van der Waals surface area contributed by atoms with E-state index in [9.17, 15) is 15.0 Å². The Morgan fingerprint density at radius 3 is 1.93 bits per heavy atom. The van der Waals surface area contributed by atoms with E-state index in [0.717, 1.165) is 32.1 Å². The number of carboxylic acids is 1. The number of aliphatic carboxylic acids is 1. The number of aliphatic hydroxyl groups excluding tert-OH is 2. The molecule has 0 aromatic rings. The van der Waals surface area contributed by atoms with Crippen molar-refractivity contribution in [3.8, 4) is 0 Å². The molecule has 2 atom stereocenters. The minimum atomic E-state index is -0.735. The lowest BCUT2D eigenvalue weighted by atomic mass is 10.1. The van der Waals surface area contributed by atoms with E-state index < -0.39 is 18.2 Å². The molecule has 0 fully saturated rings. The zero-order valence-corrected chi connectivity index (χ0v) is 17.0. The predicted molar refractivity (Wildman–Crippen MR) is 117 cm³/mol. The zero-order valence-electron chi connectivity index (χ0n) is 17.0. The van der Waals surface area contributed by atoms with Crippen LogP contribution < -0.4 is 0 Å². The Balaban J connectivity index is 3.81. The normalized spacial score (nSPS) is 15.2. The smallest absolute Gasteiger partial charge is 0.303 e. The molecule has 0 bridgehead atoms. The Labute approximate surface area is 170 Å². The van der Waals surface area contributed by atoms with E-state index in [2.05, 4.69) is 19.1 Å². The van der Waals surface area contributed by atoms with Crippen LogP contribution in [0.25, 0.3) is 0 Å². The number of allylic oxidation sites excluding steroid dienone is 8. The van der Waals surface area contributed by atoms with E-state index in [1.165, 1.54) is 0 Å². The van der Waals surface area contributed by atoms with Crippen molar-refractivity contribution in [3.63, 3.8) is 0 Å². The van der Waals surface area contributed by atoms with Gasteiger partial charge in [-0.2, -0.15) is 0 Å². The van der Waals surface area contributed by atoms with Gasteiger partial charge in [0.1, 0.15) is 0 Å². The van der Waals surface area contributed by atoms with Gasteiger partial charge in [0.05, 0.1) is 12.2 Å². The Morgan fingerprint density at radius 1 is 0.786 bits per heavy atom. The van der Waals surface area contributed by atoms with Crippen LogP contribution in [0.2, 0.25) is 0 Å². The topological polar surface area (TPSA) is 77.8 Å². The first-order chi connectivity index (χ1) is 13.6. The second-order valence-corrected chi connectivity index (χ2v) is 6.46. The largest absolute Gasteiger partial charge is 0.481 e. The number of carbonyl (C=O) groups is 1. The molecule has 0 aliphatic carbocycles. The Morgan fingerprint density at radius 2 is 1.36 bits per heavy atom.